The molecule has 6 nitrogen and oxygen atoms in total. The minimum absolute atomic E-state index is 0.0456. The van der Waals surface area contributed by atoms with E-state index in [-0.39, 0.29) is 5.91 Å². The van der Waals surface area contributed by atoms with Crippen molar-refractivity contribution in [1.82, 2.24) is 19.7 Å². The van der Waals surface area contributed by atoms with Gasteiger partial charge < -0.3 is 9.80 Å². The minimum atomic E-state index is -0.0456. The Morgan fingerprint density at radius 3 is 2.59 bits per heavy atom. The first kappa shape index (κ1) is 14.8. The molecule has 2 aromatic heterocycles. The second-order valence-corrected chi connectivity index (χ2v) is 5.64. The quantitative estimate of drug-likeness (QED) is 0.869. The fourth-order valence-electron chi connectivity index (χ4n) is 3.08. The van der Waals surface area contributed by atoms with E-state index >= 15 is 0 Å². The van der Waals surface area contributed by atoms with Crippen molar-refractivity contribution in [3.8, 4) is 0 Å². The third-order valence-corrected chi connectivity index (χ3v) is 4.35. The van der Waals surface area contributed by atoms with Gasteiger partial charge >= 0.3 is 0 Å². The van der Waals surface area contributed by atoms with Crippen LogP contribution in [-0.2, 0) is 0 Å². The predicted molar refractivity (Wildman–Crippen MR) is 86.3 cm³/mol. The first-order valence-electron chi connectivity index (χ1n) is 8.15. The summed E-state index contributed by atoms with van der Waals surface area (Å²) in [6.45, 7) is 7.40. The molecular formula is C16H23N5O. The summed E-state index contributed by atoms with van der Waals surface area (Å²) in [5, 5.41) is 8.41. The molecule has 3 rings (SSSR count). The third kappa shape index (κ3) is 2.53. The number of hydrogen-bond acceptors (Lipinski definition) is 4. The van der Waals surface area contributed by atoms with Crippen LogP contribution in [0.3, 0.4) is 0 Å². The molecule has 22 heavy (non-hydrogen) atoms. The fourth-order valence-corrected chi connectivity index (χ4v) is 3.08. The number of fused-ring (bicyclic) bond motifs is 1. The van der Waals surface area contributed by atoms with Gasteiger partial charge in [0, 0.05) is 26.2 Å². The number of rotatable bonds is 4. The molecule has 1 aliphatic rings. The Kier molecular flexibility index (Phi) is 4.27. The SMILES string of the molecule is CCN(CC)C(=O)c1nnn2c(N3CCCCC3)cccc12. The molecule has 1 fully saturated rings. The van der Waals surface area contributed by atoms with Crippen LogP contribution in [0.5, 0.6) is 0 Å². The third-order valence-electron chi connectivity index (χ3n) is 4.35. The van der Waals surface area contributed by atoms with Crippen LogP contribution in [0.4, 0.5) is 5.82 Å². The Morgan fingerprint density at radius 1 is 1.18 bits per heavy atom. The van der Waals surface area contributed by atoms with Crippen LogP contribution in [0.15, 0.2) is 18.2 Å². The van der Waals surface area contributed by atoms with E-state index in [1.54, 1.807) is 4.90 Å². The topological polar surface area (TPSA) is 53.7 Å². The largest absolute Gasteiger partial charge is 0.357 e. The molecule has 1 saturated heterocycles. The highest BCUT2D eigenvalue weighted by molar-refractivity contribution is 5.98. The Hall–Kier alpha value is -2.11. The van der Waals surface area contributed by atoms with E-state index in [2.05, 4.69) is 21.3 Å². The van der Waals surface area contributed by atoms with E-state index in [0.717, 1.165) is 24.4 Å². The number of hydrogen-bond donors (Lipinski definition) is 0. The molecule has 0 bridgehead atoms. The van der Waals surface area contributed by atoms with Gasteiger partial charge in [0.25, 0.3) is 5.91 Å². The number of piperidine rings is 1. The van der Waals surface area contributed by atoms with Crippen molar-refractivity contribution < 1.29 is 4.79 Å². The average molecular weight is 301 g/mol. The Bertz CT molecular complexity index is 656. The number of aromatic nitrogens is 3. The molecule has 0 aromatic carbocycles. The van der Waals surface area contributed by atoms with Crippen molar-refractivity contribution in [3.05, 3.63) is 23.9 Å². The zero-order valence-corrected chi connectivity index (χ0v) is 13.3. The van der Waals surface area contributed by atoms with E-state index in [4.69, 9.17) is 0 Å². The summed E-state index contributed by atoms with van der Waals surface area (Å²) in [5.41, 5.74) is 1.24. The summed E-state index contributed by atoms with van der Waals surface area (Å²) < 4.78 is 1.81. The van der Waals surface area contributed by atoms with Crippen LogP contribution in [0, 0.1) is 0 Å². The molecule has 0 radical (unpaired) electrons. The summed E-state index contributed by atoms with van der Waals surface area (Å²) in [6.07, 6.45) is 3.70. The molecule has 0 N–H and O–H groups in total. The normalized spacial score (nSPS) is 15.3. The van der Waals surface area contributed by atoms with Crippen LogP contribution in [0.25, 0.3) is 5.52 Å². The smallest absolute Gasteiger partial charge is 0.276 e. The predicted octanol–water partition coefficient (Wildman–Crippen LogP) is 2.20. The molecule has 118 valence electrons. The summed E-state index contributed by atoms with van der Waals surface area (Å²) in [4.78, 5) is 16.7. The molecule has 0 atom stereocenters. The van der Waals surface area contributed by atoms with Gasteiger partial charge in [0.2, 0.25) is 0 Å². The maximum absolute atomic E-state index is 12.6. The molecule has 0 saturated carbocycles. The Morgan fingerprint density at radius 2 is 1.91 bits per heavy atom. The highest BCUT2D eigenvalue weighted by atomic mass is 16.2. The highest BCUT2D eigenvalue weighted by Gasteiger charge is 2.22. The van der Waals surface area contributed by atoms with Crippen LogP contribution in [0.2, 0.25) is 0 Å². The highest BCUT2D eigenvalue weighted by Crippen LogP contribution is 2.22. The van der Waals surface area contributed by atoms with Crippen molar-refractivity contribution in [2.45, 2.75) is 33.1 Å². The Balaban J connectivity index is 1.99. The Labute approximate surface area is 130 Å². The van der Waals surface area contributed by atoms with Gasteiger partial charge in [-0.2, -0.15) is 4.52 Å². The van der Waals surface area contributed by atoms with Crippen LogP contribution < -0.4 is 4.90 Å². The molecule has 0 unspecified atom stereocenters. The van der Waals surface area contributed by atoms with Gasteiger partial charge in [0.05, 0.1) is 0 Å². The lowest BCUT2D eigenvalue weighted by molar-refractivity contribution is 0.0769. The van der Waals surface area contributed by atoms with Crippen LogP contribution in [0.1, 0.15) is 43.6 Å². The van der Waals surface area contributed by atoms with E-state index in [9.17, 15) is 4.79 Å². The standard InChI is InChI=1S/C16H23N5O/c1-3-19(4-2)16(22)15-13-9-8-10-14(21(13)18-17-15)20-11-6-5-7-12-20/h8-10H,3-7,11-12H2,1-2H3. The first-order valence-corrected chi connectivity index (χ1v) is 8.15. The lowest BCUT2D eigenvalue weighted by Crippen LogP contribution is -2.31. The summed E-state index contributed by atoms with van der Waals surface area (Å²) >= 11 is 0. The van der Waals surface area contributed by atoms with Crippen molar-refractivity contribution in [2.75, 3.05) is 31.1 Å². The lowest BCUT2D eigenvalue weighted by atomic mass is 10.1. The van der Waals surface area contributed by atoms with Crippen molar-refractivity contribution in [1.29, 1.82) is 0 Å². The number of amides is 1. The van der Waals surface area contributed by atoms with Crippen molar-refractivity contribution >= 4 is 17.2 Å². The van der Waals surface area contributed by atoms with Crippen molar-refractivity contribution in [2.24, 2.45) is 0 Å². The number of pyridine rings is 1. The second kappa shape index (κ2) is 6.34. The van der Waals surface area contributed by atoms with E-state index in [1.807, 2.05) is 30.5 Å². The van der Waals surface area contributed by atoms with Gasteiger partial charge in [-0.15, -0.1) is 5.10 Å². The number of carbonyl (C=O) groups is 1. The molecule has 2 aromatic rings. The van der Waals surface area contributed by atoms with Crippen LogP contribution >= 0.6 is 0 Å². The monoisotopic (exact) mass is 301 g/mol. The first-order chi connectivity index (χ1) is 10.8. The zero-order chi connectivity index (χ0) is 15.5. The molecule has 1 aliphatic heterocycles. The van der Waals surface area contributed by atoms with Gasteiger partial charge in [-0.25, -0.2) is 0 Å². The maximum Gasteiger partial charge on any atom is 0.276 e. The van der Waals surface area contributed by atoms with Gasteiger partial charge in [0.15, 0.2) is 5.69 Å². The minimum Gasteiger partial charge on any atom is -0.357 e. The number of anilines is 1. The molecular weight excluding hydrogens is 278 g/mol. The van der Waals surface area contributed by atoms with E-state index in [0.29, 0.717) is 18.8 Å². The summed E-state index contributed by atoms with van der Waals surface area (Å²) in [6, 6.07) is 5.96. The van der Waals surface area contributed by atoms with Crippen LogP contribution in [-0.4, -0.2) is 51.8 Å². The number of nitrogens with zero attached hydrogens (tertiary/aromatic N) is 5. The van der Waals surface area contributed by atoms with Gasteiger partial charge in [-0.3, -0.25) is 4.79 Å². The average Bonchev–Trinajstić information content (AvgIpc) is 3.00. The fraction of sp³-hybridized carbons (Fsp3) is 0.562. The second-order valence-electron chi connectivity index (χ2n) is 5.64. The molecule has 6 heteroatoms. The number of carbonyl (C=O) groups excluding carboxylic acids is 1. The molecule has 0 aliphatic carbocycles. The van der Waals surface area contributed by atoms with E-state index < -0.39 is 0 Å². The van der Waals surface area contributed by atoms with E-state index in [1.165, 1.54) is 19.3 Å². The summed E-state index contributed by atoms with van der Waals surface area (Å²) in [7, 11) is 0. The van der Waals surface area contributed by atoms with Gasteiger partial charge in [0.1, 0.15) is 11.3 Å². The van der Waals surface area contributed by atoms with Crippen molar-refractivity contribution in [3.63, 3.8) is 0 Å². The molecule has 3 heterocycles. The summed E-state index contributed by atoms with van der Waals surface area (Å²) in [5.74, 6) is 0.985. The lowest BCUT2D eigenvalue weighted by Gasteiger charge is -2.28. The molecule has 1 amide bonds. The van der Waals surface area contributed by atoms with Gasteiger partial charge in [-0.05, 0) is 45.2 Å². The molecule has 0 spiro atoms. The maximum atomic E-state index is 12.6. The van der Waals surface area contributed by atoms with Gasteiger partial charge in [-0.1, -0.05) is 11.3 Å². The zero-order valence-electron chi connectivity index (χ0n) is 13.3.